The van der Waals surface area contributed by atoms with E-state index in [0.717, 1.165) is 19.5 Å². The van der Waals surface area contributed by atoms with Crippen molar-refractivity contribution in [2.24, 2.45) is 0 Å². The summed E-state index contributed by atoms with van der Waals surface area (Å²) in [6.07, 6.45) is 4.15. The Morgan fingerprint density at radius 1 is 1.19 bits per heavy atom. The smallest absolute Gasteiger partial charge is 0.267 e. The second kappa shape index (κ2) is 9.47. The van der Waals surface area contributed by atoms with Gasteiger partial charge in [-0.15, -0.1) is 0 Å². The zero-order valence-electron chi connectivity index (χ0n) is 17.4. The number of nitrogens with zero attached hydrogens (tertiary/aromatic N) is 5. The SMILES string of the molecule is CCCN1C(=O)/C(=C/c2c(N3CCN(CCO)CC3)nc3ccccn3c2=O)SC1=S. The third kappa shape index (κ3) is 4.38. The van der Waals surface area contributed by atoms with E-state index in [1.165, 1.54) is 16.2 Å². The number of hydrogen-bond acceptors (Lipinski definition) is 8. The molecule has 0 saturated carbocycles. The fourth-order valence-electron chi connectivity index (χ4n) is 3.83. The van der Waals surface area contributed by atoms with E-state index in [4.69, 9.17) is 17.2 Å². The maximum Gasteiger partial charge on any atom is 0.267 e. The van der Waals surface area contributed by atoms with Crippen LogP contribution in [0.15, 0.2) is 34.1 Å². The molecular formula is C21H25N5O3S2. The Morgan fingerprint density at radius 2 is 1.97 bits per heavy atom. The van der Waals surface area contributed by atoms with E-state index in [1.54, 1.807) is 29.3 Å². The van der Waals surface area contributed by atoms with Crippen LogP contribution in [0.2, 0.25) is 0 Å². The van der Waals surface area contributed by atoms with Crippen molar-refractivity contribution in [3.05, 3.63) is 45.2 Å². The molecule has 2 fully saturated rings. The van der Waals surface area contributed by atoms with Crippen molar-refractivity contribution in [2.75, 3.05) is 50.8 Å². The van der Waals surface area contributed by atoms with Crippen LogP contribution in [0.3, 0.4) is 0 Å². The van der Waals surface area contributed by atoms with E-state index in [-0.39, 0.29) is 18.1 Å². The van der Waals surface area contributed by atoms with E-state index < -0.39 is 0 Å². The highest BCUT2D eigenvalue weighted by Gasteiger charge is 2.32. The summed E-state index contributed by atoms with van der Waals surface area (Å²) in [5.41, 5.74) is 0.756. The van der Waals surface area contributed by atoms with E-state index in [2.05, 4.69) is 9.80 Å². The number of β-amino-alcohol motifs (C(OH)–C–C–N with tert-alkyl or cyclic N) is 1. The third-order valence-electron chi connectivity index (χ3n) is 5.43. The number of rotatable bonds is 6. The minimum atomic E-state index is -0.209. The molecular weight excluding hydrogens is 434 g/mol. The van der Waals surface area contributed by atoms with Crippen molar-refractivity contribution < 1.29 is 9.90 Å². The minimum absolute atomic E-state index is 0.125. The molecule has 2 aliphatic heterocycles. The van der Waals surface area contributed by atoms with Gasteiger partial charge in [-0.1, -0.05) is 37.0 Å². The first-order chi connectivity index (χ1) is 15.0. The van der Waals surface area contributed by atoms with Crippen LogP contribution >= 0.6 is 24.0 Å². The second-order valence-electron chi connectivity index (χ2n) is 7.47. The fourth-order valence-corrected chi connectivity index (χ4v) is 5.12. The van der Waals surface area contributed by atoms with Gasteiger partial charge in [-0.2, -0.15) is 0 Å². The van der Waals surface area contributed by atoms with Gasteiger partial charge in [-0.25, -0.2) is 4.98 Å². The lowest BCUT2D eigenvalue weighted by molar-refractivity contribution is -0.122. The maximum atomic E-state index is 13.4. The van der Waals surface area contributed by atoms with E-state index in [0.29, 0.717) is 52.4 Å². The Hall–Kier alpha value is -2.27. The Kier molecular flexibility index (Phi) is 6.71. The van der Waals surface area contributed by atoms with Crippen LogP contribution < -0.4 is 10.5 Å². The normalized spacial score (nSPS) is 19.2. The van der Waals surface area contributed by atoms with E-state index >= 15 is 0 Å². The molecule has 0 unspecified atom stereocenters. The predicted octanol–water partition coefficient (Wildman–Crippen LogP) is 1.42. The Bertz CT molecular complexity index is 1090. The summed E-state index contributed by atoms with van der Waals surface area (Å²) in [5.74, 6) is 0.425. The molecule has 0 spiro atoms. The molecule has 0 atom stereocenters. The molecule has 0 aromatic carbocycles. The Morgan fingerprint density at radius 3 is 2.68 bits per heavy atom. The fraction of sp³-hybridized carbons (Fsp3) is 0.429. The zero-order valence-corrected chi connectivity index (χ0v) is 19.0. The number of carbonyl (C=O) groups excluding carboxylic acids is 1. The summed E-state index contributed by atoms with van der Waals surface area (Å²) in [6.45, 7) is 6.24. The number of hydrogen-bond donors (Lipinski definition) is 1. The number of carbonyl (C=O) groups is 1. The molecule has 0 aliphatic carbocycles. The molecule has 31 heavy (non-hydrogen) atoms. The van der Waals surface area contributed by atoms with Crippen molar-refractivity contribution >= 4 is 51.7 Å². The number of fused-ring (bicyclic) bond motifs is 1. The number of aromatic nitrogens is 2. The summed E-state index contributed by atoms with van der Waals surface area (Å²) in [6, 6.07) is 5.44. The molecule has 8 nitrogen and oxygen atoms in total. The first-order valence-corrected chi connectivity index (χ1v) is 11.6. The maximum absolute atomic E-state index is 13.4. The zero-order chi connectivity index (χ0) is 22.0. The van der Waals surface area contributed by atoms with Crippen LogP contribution in [0.1, 0.15) is 18.9 Å². The lowest BCUT2D eigenvalue weighted by Gasteiger charge is -2.35. The van der Waals surface area contributed by atoms with Crippen LogP contribution in [-0.4, -0.2) is 80.4 Å². The van der Waals surface area contributed by atoms with Gasteiger partial charge in [0.2, 0.25) is 0 Å². The monoisotopic (exact) mass is 459 g/mol. The van der Waals surface area contributed by atoms with Gasteiger partial charge < -0.3 is 10.0 Å². The van der Waals surface area contributed by atoms with Crippen LogP contribution in [0.25, 0.3) is 11.7 Å². The number of amides is 1. The first-order valence-electron chi connectivity index (χ1n) is 10.4. The van der Waals surface area contributed by atoms with E-state index in [1.807, 2.05) is 13.0 Å². The standard InChI is InChI=1S/C21H25N5O3S2/c1-2-6-26-20(29)16(31-21(26)30)14-15-18(24-10-8-23(9-11-24)12-13-27)22-17-5-3-4-7-25(17)19(15)28/h3-5,7,14,27H,2,6,8-13H2,1H3/b16-14-. The molecule has 2 aromatic heterocycles. The van der Waals surface area contributed by atoms with Crippen molar-refractivity contribution in [1.29, 1.82) is 0 Å². The predicted molar refractivity (Wildman–Crippen MR) is 127 cm³/mol. The first kappa shape index (κ1) is 21.9. The van der Waals surface area contributed by atoms with Gasteiger partial charge in [-0.05, 0) is 24.6 Å². The van der Waals surface area contributed by atoms with Crippen molar-refractivity contribution in [1.82, 2.24) is 19.2 Å². The van der Waals surface area contributed by atoms with Crippen LogP contribution in [0.4, 0.5) is 5.82 Å². The van der Waals surface area contributed by atoms with E-state index in [9.17, 15) is 14.7 Å². The molecule has 1 amide bonds. The molecule has 2 saturated heterocycles. The summed E-state index contributed by atoms with van der Waals surface area (Å²) in [4.78, 5) is 37.3. The average molecular weight is 460 g/mol. The van der Waals surface area contributed by atoms with Crippen LogP contribution in [0, 0.1) is 0 Å². The number of piperazine rings is 1. The number of pyridine rings is 1. The van der Waals surface area contributed by atoms with Gasteiger partial charge in [0.1, 0.15) is 15.8 Å². The topological polar surface area (TPSA) is 81.4 Å². The van der Waals surface area contributed by atoms with Crippen LogP contribution in [-0.2, 0) is 4.79 Å². The van der Waals surface area contributed by atoms with Gasteiger partial charge in [0.25, 0.3) is 11.5 Å². The van der Waals surface area contributed by atoms with Gasteiger partial charge in [-0.3, -0.25) is 23.8 Å². The highest BCUT2D eigenvalue weighted by molar-refractivity contribution is 8.26. The number of aliphatic hydroxyl groups excluding tert-OH is 1. The minimum Gasteiger partial charge on any atom is -0.395 e. The highest BCUT2D eigenvalue weighted by Crippen LogP contribution is 2.33. The quantitative estimate of drug-likeness (QED) is 0.513. The summed E-state index contributed by atoms with van der Waals surface area (Å²) in [7, 11) is 0. The van der Waals surface area contributed by atoms with Gasteiger partial charge in [0, 0.05) is 45.5 Å². The number of thiocarbonyl (C=S) groups is 1. The second-order valence-corrected chi connectivity index (χ2v) is 9.14. The summed E-state index contributed by atoms with van der Waals surface area (Å²) in [5, 5.41) is 9.20. The third-order valence-corrected chi connectivity index (χ3v) is 6.81. The Balaban J connectivity index is 1.76. The molecule has 4 heterocycles. The number of aliphatic hydroxyl groups is 1. The molecule has 164 valence electrons. The van der Waals surface area contributed by atoms with Gasteiger partial charge >= 0.3 is 0 Å². The van der Waals surface area contributed by atoms with Gasteiger partial charge in [0.15, 0.2) is 0 Å². The van der Waals surface area contributed by atoms with Crippen molar-refractivity contribution in [3.8, 4) is 0 Å². The molecule has 1 N–H and O–H groups in total. The molecule has 0 bridgehead atoms. The molecule has 2 aromatic rings. The summed E-state index contributed by atoms with van der Waals surface area (Å²) >= 11 is 6.61. The summed E-state index contributed by atoms with van der Waals surface area (Å²) < 4.78 is 2.02. The molecule has 2 aliphatic rings. The lowest BCUT2D eigenvalue weighted by Crippen LogP contribution is -2.48. The highest BCUT2D eigenvalue weighted by atomic mass is 32.2. The lowest BCUT2D eigenvalue weighted by atomic mass is 10.2. The van der Waals surface area contributed by atoms with Gasteiger partial charge in [0.05, 0.1) is 17.1 Å². The number of thioether (sulfide) groups is 1. The Labute approximate surface area is 190 Å². The largest absolute Gasteiger partial charge is 0.395 e. The molecule has 0 radical (unpaired) electrons. The molecule has 4 rings (SSSR count). The van der Waals surface area contributed by atoms with Crippen molar-refractivity contribution in [3.63, 3.8) is 0 Å². The molecule has 10 heteroatoms. The number of anilines is 1. The van der Waals surface area contributed by atoms with Crippen LogP contribution in [0.5, 0.6) is 0 Å². The average Bonchev–Trinajstić information content (AvgIpc) is 3.04. The van der Waals surface area contributed by atoms with Crippen molar-refractivity contribution in [2.45, 2.75) is 13.3 Å².